The lowest BCUT2D eigenvalue weighted by Gasteiger charge is -2.33. The minimum Gasteiger partial charge on any atom is -0.360 e. The third kappa shape index (κ3) is 5.38. The molecule has 0 aliphatic carbocycles. The highest BCUT2D eigenvalue weighted by Crippen LogP contribution is 2.25. The normalized spacial score (nSPS) is 14.6. The fraction of sp³-hybridized carbons (Fsp3) is 0.222. The van der Waals surface area contributed by atoms with Crippen molar-refractivity contribution < 1.29 is 13.7 Å². The molecule has 5 rings (SSSR count). The third-order valence-corrected chi connectivity index (χ3v) is 6.03. The van der Waals surface area contributed by atoms with E-state index < -0.39 is 0 Å². The first-order chi connectivity index (χ1) is 17.0. The van der Waals surface area contributed by atoms with Crippen molar-refractivity contribution in [1.82, 2.24) is 24.7 Å². The molecule has 0 radical (unpaired) electrons. The van der Waals surface area contributed by atoms with Crippen molar-refractivity contribution in [1.29, 1.82) is 0 Å². The average molecular weight is 472 g/mol. The maximum Gasteiger partial charge on any atom is 0.246 e. The van der Waals surface area contributed by atoms with Gasteiger partial charge in [-0.3, -0.25) is 9.69 Å². The van der Waals surface area contributed by atoms with Crippen LogP contribution in [0.1, 0.15) is 17.0 Å². The van der Waals surface area contributed by atoms with Crippen LogP contribution in [0.4, 0.5) is 4.39 Å². The Bertz CT molecular complexity index is 1320. The van der Waals surface area contributed by atoms with Crippen LogP contribution in [0.25, 0.3) is 23.0 Å². The predicted octanol–water partition coefficient (Wildman–Crippen LogP) is 4.33. The molecule has 8 heteroatoms. The number of rotatable bonds is 6. The summed E-state index contributed by atoms with van der Waals surface area (Å²) in [7, 11) is 0. The average Bonchev–Trinajstić information content (AvgIpc) is 3.50. The quantitative estimate of drug-likeness (QED) is 0.392. The molecule has 1 saturated heterocycles. The number of benzene rings is 2. The third-order valence-electron chi connectivity index (χ3n) is 6.03. The van der Waals surface area contributed by atoms with Gasteiger partial charge in [-0.2, -0.15) is 5.10 Å². The Balaban J connectivity index is 1.30. The Morgan fingerprint density at radius 1 is 1.06 bits per heavy atom. The highest BCUT2D eigenvalue weighted by molar-refractivity contribution is 5.93. The molecule has 7 nitrogen and oxygen atoms in total. The molecule has 3 heterocycles. The van der Waals surface area contributed by atoms with Gasteiger partial charge in [0.25, 0.3) is 0 Å². The lowest BCUT2D eigenvalue weighted by atomic mass is 10.1. The number of para-hydroxylation sites is 1. The molecule has 35 heavy (non-hydrogen) atoms. The second-order valence-electron chi connectivity index (χ2n) is 8.59. The Morgan fingerprint density at radius 2 is 1.80 bits per heavy atom. The molecular weight excluding hydrogens is 445 g/mol. The summed E-state index contributed by atoms with van der Waals surface area (Å²) in [6, 6.07) is 17.9. The van der Waals surface area contributed by atoms with Crippen LogP contribution in [0.15, 0.2) is 77.5 Å². The molecule has 2 aromatic carbocycles. The summed E-state index contributed by atoms with van der Waals surface area (Å²) >= 11 is 0. The predicted molar refractivity (Wildman–Crippen MR) is 131 cm³/mol. The molecule has 0 unspecified atom stereocenters. The summed E-state index contributed by atoms with van der Waals surface area (Å²) in [5, 5.41) is 8.65. The molecule has 1 fully saturated rings. The summed E-state index contributed by atoms with van der Waals surface area (Å²) in [5.74, 6) is 0.490. The van der Waals surface area contributed by atoms with Crippen molar-refractivity contribution in [3.05, 3.63) is 95.8 Å². The molecule has 0 bridgehead atoms. The molecule has 0 N–H and O–H groups in total. The smallest absolute Gasteiger partial charge is 0.246 e. The molecule has 178 valence electrons. The fourth-order valence-electron chi connectivity index (χ4n) is 4.16. The van der Waals surface area contributed by atoms with Crippen LogP contribution in [0, 0.1) is 12.7 Å². The van der Waals surface area contributed by atoms with Crippen LogP contribution in [-0.2, 0) is 11.3 Å². The van der Waals surface area contributed by atoms with E-state index in [0.717, 1.165) is 41.4 Å². The lowest BCUT2D eigenvalue weighted by Crippen LogP contribution is -2.47. The molecule has 4 aromatic rings. The Hall–Kier alpha value is -4.04. The van der Waals surface area contributed by atoms with Crippen molar-refractivity contribution in [2.45, 2.75) is 13.5 Å². The zero-order chi connectivity index (χ0) is 24.2. The first-order valence-corrected chi connectivity index (χ1v) is 11.6. The summed E-state index contributed by atoms with van der Waals surface area (Å²) in [6.07, 6.45) is 5.26. The molecule has 1 amide bonds. The van der Waals surface area contributed by atoms with E-state index >= 15 is 0 Å². The van der Waals surface area contributed by atoms with Crippen LogP contribution in [0.2, 0.25) is 0 Å². The number of piperazine rings is 1. The Morgan fingerprint density at radius 3 is 2.49 bits per heavy atom. The molecule has 2 aromatic heterocycles. The van der Waals surface area contributed by atoms with Crippen molar-refractivity contribution in [3.63, 3.8) is 0 Å². The zero-order valence-corrected chi connectivity index (χ0v) is 19.5. The molecule has 0 atom stereocenters. The SMILES string of the molecule is Cc1cc(CN2CCN(C(=O)/C=C/c3cn(-c4ccccc4)nc3-c3ccc(F)cc3)CC2)on1. The number of hydrogen-bond acceptors (Lipinski definition) is 5. The molecule has 1 aliphatic rings. The van der Waals surface area contributed by atoms with E-state index in [1.807, 2.05) is 54.4 Å². The van der Waals surface area contributed by atoms with Crippen LogP contribution >= 0.6 is 0 Å². The zero-order valence-electron chi connectivity index (χ0n) is 19.5. The summed E-state index contributed by atoms with van der Waals surface area (Å²) in [6.45, 7) is 5.42. The van der Waals surface area contributed by atoms with Gasteiger partial charge in [0.05, 0.1) is 23.6 Å². The van der Waals surface area contributed by atoms with Crippen LogP contribution in [-0.4, -0.2) is 56.8 Å². The maximum absolute atomic E-state index is 13.5. The monoisotopic (exact) mass is 471 g/mol. The van der Waals surface area contributed by atoms with E-state index in [0.29, 0.717) is 25.3 Å². The number of aromatic nitrogens is 3. The first kappa shape index (κ1) is 22.7. The number of halogens is 1. The molecule has 1 aliphatic heterocycles. The standard InChI is InChI=1S/C27H26FN5O2/c1-20-17-25(35-30-20)19-31-13-15-32(16-14-31)26(34)12-9-22-18-33(24-5-3-2-4-6-24)29-27(22)21-7-10-23(28)11-8-21/h2-12,17-18H,13-16,19H2,1H3/b12-9+. The number of carbonyl (C=O) groups is 1. The molecular formula is C27H26FN5O2. The van der Waals surface area contributed by atoms with E-state index in [1.165, 1.54) is 12.1 Å². The largest absolute Gasteiger partial charge is 0.360 e. The summed E-state index contributed by atoms with van der Waals surface area (Å²) in [5.41, 5.74) is 4.03. The number of nitrogens with zero attached hydrogens (tertiary/aromatic N) is 5. The first-order valence-electron chi connectivity index (χ1n) is 11.6. The number of hydrogen-bond donors (Lipinski definition) is 0. The molecule has 0 saturated carbocycles. The van der Waals surface area contributed by atoms with Gasteiger partial charge in [0.2, 0.25) is 5.91 Å². The van der Waals surface area contributed by atoms with E-state index in [2.05, 4.69) is 10.1 Å². The number of amides is 1. The van der Waals surface area contributed by atoms with E-state index in [9.17, 15) is 9.18 Å². The summed E-state index contributed by atoms with van der Waals surface area (Å²) in [4.78, 5) is 17.0. The van der Waals surface area contributed by atoms with Crippen LogP contribution < -0.4 is 0 Å². The van der Waals surface area contributed by atoms with Crippen molar-refractivity contribution in [2.24, 2.45) is 0 Å². The minimum absolute atomic E-state index is 0.0438. The lowest BCUT2D eigenvalue weighted by molar-refractivity contribution is -0.127. The maximum atomic E-state index is 13.5. The fourth-order valence-corrected chi connectivity index (χ4v) is 4.16. The minimum atomic E-state index is -0.305. The van der Waals surface area contributed by atoms with Gasteiger partial charge < -0.3 is 9.42 Å². The number of aryl methyl sites for hydroxylation is 1. The molecule has 0 spiro atoms. The van der Waals surface area contributed by atoms with Gasteiger partial charge >= 0.3 is 0 Å². The van der Waals surface area contributed by atoms with Gasteiger partial charge in [0.1, 0.15) is 5.82 Å². The van der Waals surface area contributed by atoms with Crippen LogP contribution in [0.3, 0.4) is 0 Å². The van der Waals surface area contributed by atoms with Gasteiger partial charge in [-0.25, -0.2) is 9.07 Å². The van der Waals surface area contributed by atoms with E-state index in [4.69, 9.17) is 9.62 Å². The van der Waals surface area contributed by atoms with Gasteiger partial charge in [0, 0.05) is 55.6 Å². The highest BCUT2D eigenvalue weighted by atomic mass is 19.1. The van der Waals surface area contributed by atoms with Crippen molar-refractivity contribution >= 4 is 12.0 Å². The second kappa shape index (κ2) is 10.1. The number of carbonyl (C=O) groups excluding carboxylic acids is 1. The Labute approximate surface area is 203 Å². The van der Waals surface area contributed by atoms with Crippen molar-refractivity contribution in [2.75, 3.05) is 26.2 Å². The van der Waals surface area contributed by atoms with Gasteiger partial charge in [-0.15, -0.1) is 0 Å². The van der Waals surface area contributed by atoms with Gasteiger partial charge in [-0.05, 0) is 49.4 Å². The topological polar surface area (TPSA) is 67.4 Å². The van der Waals surface area contributed by atoms with Crippen molar-refractivity contribution in [3.8, 4) is 16.9 Å². The second-order valence-corrected chi connectivity index (χ2v) is 8.59. The van der Waals surface area contributed by atoms with Gasteiger partial charge in [-0.1, -0.05) is 23.4 Å². The summed E-state index contributed by atoms with van der Waals surface area (Å²) < 4.78 is 20.6. The highest BCUT2D eigenvalue weighted by Gasteiger charge is 2.21. The van der Waals surface area contributed by atoms with E-state index in [-0.39, 0.29) is 11.7 Å². The van der Waals surface area contributed by atoms with E-state index in [1.54, 1.807) is 29.0 Å². The van der Waals surface area contributed by atoms with Gasteiger partial charge in [0.15, 0.2) is 5.76 Å². The van der Waals surface area contributed by atoms with Crippen LogP contribution in [0.5, 0.6) is 0 Å². The Kier molecular flexibility index (Phi) is 6.54.